The van der Waals surface area contributed by atoms with E-state index in [1.54, 1.807) is 0 Å². The third kappa shape index (κ3) is 4.10. The Hall–Kier alpha value is -1.90. The number of nitrogens with one attached hydrogen (secondary N) is 1. The highest BCUT2D eigenvalue weighted by Gasteiger charge is 2.29. The average molecular weight is 312 g/mol. The first-order chi connectivity index (χ1) is 11.2. The molecule has 0 unspecified atom stereocenters. The molecule has 0 radical (unpaired) electrons. The van der Waals surface area contributed by atoms with Crippen molar-refractivity contribution >= 4 is 5.91 Å². The van der Waals surface area contributed by atoms with Gasteiger partial charge < -0.3 is 5.32 Å². The summed E-state index contributed by atoms with van der Waals surface area (Å²) in [7, 11) is 0. The molecule has 0 aromatic heterocycles. The minimum absolute atomic E-state index is 0.0517. The van der Waals surface area contributed by atoms with Crippen LogP contribution in [0.5, 0.6) is 0 Å². The van der Waals surface area contributed by atoms with E-state index in [1.807, 2.05) is 31.2 Å². The van der Waals surface area contributed by atoms with Crippen molar-refractivity contribution in [3.63, 3.8) is 0 Å². The van der Waals surface area contributed by atoms with Gasteiger partial charge in [-0.25, -0.2) is 0 Å². The number of hydrogen-bond donors (Lipinski definition) is 1. The summed E-state index contributed by atoms with van der Waals surface area (Å²) in [6, 6.07) is 10.4. The summed E-state index contributed by atoms with van der Waals surface area (Å²) in [5.41, 5.74) is 1.84. The fourth-order valence-corrected chi connectivity index (χ4v) is 3.03. The minimum Gasteiger partial charge on any atom is -0.352 e. The first-order valence-corrected chi connectivity index (χ1v) is 8.42. The van der Waals surface area contributed by atoms with Crippen molar-refractivity contribution in [3.8, 4) is 6.07 Å². The summed E-state index contributed by atoms with van der Waals surface area (Å²) in [5, 5.41) is 12.3. The highest BCUT2D eigenvalue weighted by molar-refractivity contribution is 5.81. The largest absolute Gasteiger partial charge is 0.352 e. The monoisotopic (exact) mass is 312 g/mol. The molecule has 5 heteroatoms. The van der Waals surface area contributed by atoms with Gasteiger partial charge in [-0.1, -0.05) is 18.2 Å². The van der Waals surface area contributed by atoms with Crippen LogP contribution >= 0.6 is 0 Å². The van der Waals surface area contributed by atoms with Gasteiger partial charge in [-0.15, -0.1) is 0 Å². The highest BCUT2D eigenvalue weighted by atomic mass is 16.2. The number of carbonyl (C=O) groups is 1. The molecule has 1 N–H and O–H groups in total. The van der Waals surface area contributed by atoms with Crippen molar-refractivity contribution in [1.29, 1.82) is 5.26 Å². The van der Waals surface area contributed by atoms with E-state index >= 15 is 0 Å². The van der Waals surface area contributed by atoms with E-state index < -0.39 is 0 Å². The van der Waals surface area contributed by atoms with E-state index in [0.29, 0.717) is 6.04 Å². The predicted octanol–water partition coefficient (Wildman–Crippen LogP) is 1.34. The summed E-state index contributed by atoms with van der Waals surface area (Å²) < 4.78 is 0. The normalized spacial score (nSPS) is 20.7. The van der Waals surface area contributed by atoms with Gasteiger partial charge in [-0.3, -0.25) is 14.6 Å². The summed E-state index contributed by atoms with van der Waals surface area (Å²) in [6.45, 7) is 6.46. The van der Waals surface area contributed by atoms with Gasteiger partial charge in [0.2, 0.25) is 5.91 Å². The maximum atomic E-state index is 12.1. The van der Waals surface area contributed by atoms with Crippen LogP contribution < -0.4 is 5.32 Å². The second-order valence-electron chi connectivity index (χ2n) is 6.54. The number of rotatable bonds is 5. The van der Waals surface area contributed by atoms with Gasteiger partial charge in [0.1, 0.15) is 0 Å². The second-order valence-corrected chi connectivity index (χ2v) is 6.54. The Labute approximate surface area is 137 Å². The molecule has 1 amide bonds. The quantitative estimate of drug-likeness (QED) is 0.891. The molecule has 2 fully saturated rings. The number of hydrogen-bond acceptors (Lipinski definition) is 4. The van der Waals surface area contributed by atoms with Crippen LogP contribution in [0.3, 0.4) is 0 Å². The summed E-state index contributed by atoms with van der Waals surface area (Å²) in [4.78, 5) is 16.8. The maximum Gasteiger partial charge on any atom is 0.237 e. The zero-order chi connectivity index (χ0) is 16.2. The van der Waals surface area contributed by atoms with Crippen molar-refractivity contribution in [1.82, 2.24) is 15.1 Å². The van der Waals surface area contributed by atoms with Gasteiger partial charge in [0, 0.05) is 38.8 Å². The molecule has 23 heavy (non-hydrogen) atoms. The number of piperazine rings is 1. The Morgan fingerprint density at radius 2 is 2.00 bits per heavy atom. The Bertz CT molecular complexity index is 597. The molecule has 1 saturated carbocycles. The zero-order valence-electron chi connectivity index (χ0n) is 13.7. The molecular weight excluding hydrogens is 288 g/mol. The van der Waals surface area contributed by atoms with Crippen molar-refractivity contribution in [3.05, 3.63) is 35.4 Å². The molecule has 5 nitrogen and oxygen atoms in total. The van der Waals surface area contributed by atoms with Crippen molar-refractivity contribution in [2.45, 2.75) is 38.4 Å². The SMILES string of the molecule is C[C@H](C(=O)NC1CC1)N1CCN(Cc2ccccc2C#N)CC1. The van der Waals surface area contributed by atoms with E-state index in [4.69, 9.17) is 0 Å². The summed E-state index contributed by atoms with van der Waals surface area (Å²) >= 11 is 0. The van der Waals surface area contributed by atoms with E-state index in [1.165, 1.54) is 0 Å². The van der Waals surface area contributed by atoms with Crippen LogP contribution in [0.15, 0.2) is 24.3 Å². The molecular formula is C18H24N4O. The molecule has 0 bridgehead atoms. The molecule has 1 saturated heterocycles. The topological polar surface area (TPSA) is 59.4 Å². The molecule has 3 rings (SSSR count). The standard InChI is InChI=1S/C18H24N4O/c1-14(18(23)20-17-6-7-17)22-10-8-21(9-11-22)13-16-5-3-2-4-15(16)12-19/h2-5,14,17H,6-11,13H2,1H3,(H,20,23)/t14-/m1/s1. The van der Waals surface area contributed by atoms with Crippen molar-refractivity contribution < 1.29 is 4.79 Å². The lowest BCUT2D eigenvalue weighted by atomic mass is 10.1. The maximum absolute atomic E-state index is 12.1. The molecule has 1 atom stereocenters. The smallest absolute Gasteiger partial charge is 0.237 e. The average Bonchev–Trinajstić information content (AvgIpc) is 3.39. The van der Waals surface area contributed by atoms with Gasteiger partial charge >= 0.3 is 0 Å². The lowest BCUT2D eigenvalue weighted by molar-refractivity contribution is -0.126. The van der Waals surface area contributed by atoms with Crippen LogP contribution in [-0.2, 0) is 11.3 Å². The molecule has 0 spiro atoms. The summed E-state index contributed by atoms with van der Waals surface area (Å²) in [6.07, 6.45) is 2.26. The Balaban J connectivity index is 1.50. The Kier molecular flexibility index (Phi) is 4.94. The molecule has 1 aromatic rings. The lowest BCUT2D eigenvalue weighted by Gasteiger charge is -2.37. The van der Waals surface area contributed by atoms with Crippen LogP contribution in [0, 0.1) is 11.3 Å². The number of amides is 1. The fourth-order valence-electron chi connectivity index (χ4n) is 3.03. The number of nitrogens with zero attached hydrogens (tertiary/aromatic N) is 3. The summed E-state index contributed by atoms with van der Waals surface area (Å²) in [5.74, 6) is 0.163. The van der Waals surface area contributed by atoms with Crippen LogP contribution in [0.2, 0.25) is 0 Å². The number of benzene rings is 1. The van der Waals surface area contributed by atoms with Crippen molar-refractivity contribution in [2.24, 2.45) is 0 Å². The van der Waals surface area contributed by atoms with Crippen LogP contribution in [0.4, 0.5) is 0 Å². The van der Waals surface area contributed by atoms with Gasteiger partial charge in [0.05, 0.1) is 17.7 Å². The number of nitriles is 1. The first kappa shape index (κ1) is 16.0. The molecule has 122 valence electrons. The third-order valence-corrected chi connectivity index (χ3v) is 4.79. The van der Waals surface area contributed by atoms with Crippen LogP contribution in [-0.4, -0.2) is 54.0 Å². The van der Waals surface area contributed by atoms with Crippen LogP contribution in [0.1, 0.15) is 30.9 Å². The fraction of sp³-hybridized carbons (Fsp3) is 0.556. The predicted molar refractivity (Wildman–Crippen MR) is 88.6 cm³/mol. The van der Waals surface area contributed by atoms with Gasteiger partial charge in [0.15, 0.2) is 0 Å². The van der Waals surface area contributed by atoms with Gasteiger partial charge in [-0.2, -0.15) is 5.26 Å². The molecule has 1 aliphatic carbocycles. The Morgan fingerprint density at radius 1 is 1.30 bits per heavy atom. The first-order valence-electron chi connectivity index (χ1n) is 8.42. The van der Waals surface area contributed by atoms with E-state index in [-0.39, 0.29) is 11.9 Å². The van der Waals surface area contributed by atoms with E-state index in [0.717, 1.165) is 56.7 Å². The van der Waals surface area contributed by atoms with E-state index in [9.17, 15) is 10.1 Å². The number of carbonyl (C=O) groups excluding carboxylic acids is 1. The van der Waals surface area contributed by atoms with Crippen LogP contribution in [0.25, 0.3) is 0 Å². The van der Waals surface area contributed by atoms with Crippen molar-refractivity contribution in [2.75, 3.05) is 26.2 Å². The highest BCUT2D eigenvalue weighted by Crippen LogP contribution is 2.19. The third-order valence-electron chi connectivity index (χ3n) is 4.79. The molecule has 1 aromatic carbocycles. The second kappa shape index (κ2) is 7.12. The minimum atomic E-state index is -0.0517. The van der Waals surface area contributed by atoms with E-state index in [2.05, 4.69) is 21.2 Å². The van der Waals surface area contributed by atoms with Gasteiger partial charge in [0.25, 0.3) is 0 Å². The Morgan fingerprint density at radius 3 is 2.65 bits per heavy atom. The molecule has 2 aliphatic rings. The molecule has 1 aliphatic heterocycles. The molecule has 1 heterocycles. The zero-order valence-corrected chi connectivity index (χ0v) is 13.7. The van der Waals surface area contributed by atoms with Gasteiger partial charge in [-0.05, 0) is 31.4 Å². The lowest BCUT2D eigenvalue weighted by Crippen LogP contribution is -2.53.